The number of benzene rings is 1. The van der Waals surface area contributed by atoms with Crippen LogP contribution in [0.2, 0.25) is 0 Å². The zero-order valence-corrected chi connectivity index (χ0v) is 9.32. The Morgan fingerprint density at radius 3 is 2.79 bits per heavy atom. The van der Waals surface area contributed by atoms with Crippen LogP contribution < -0.4 is 0 Å². The molecule has 0 aliphatic rings. The van der Waals surface area contributed by atoms with Crippen molar-refractivity contribution in [2.45, 2.75) is 13.0 Å². The predicted molar refractivity (Wildman–Crippen MR) is 55.7 cm³/mol. The van der Waals surface area contributed by atoms with Gasteiger partial charge in [-0.05, 0) is 13.0 Å². The largest absolute Gasteiger partial charge is 0.464 e. The Bertz CT molecular complexity index is 325. The Hall–Kier alpha value is -0.870. The third-order valence-electron chi connectivity index (χ3n) is 1.71. The molecular weight excluding hydrogens is 248 g/mol. The van der Waals surface area contributed by atoms with Crippen molar-refractivity contribution in [1.82, 2.24) is 0 Å². The molecular formula is C10H11BrO3. The molecule has 0 radical (unpaired) electrons. The van der Waals surface area contributed by atoms with Crippen LogP contribution in [0.4, 0.5) is 0 Å². The number of hydrogen-bond acceptors (Lipinski definition) is 3. The fraction of sp³-hybridized carbons (Fsp3) is 0.300. The molecule has 0 aromatic heterocycles. The zero-order chi connectivity index (χ0) is 10.6. The summed E-state index contributed by atoms with van der Waals surface area (Å²) in [5.41, 5.74) is 0.519. The Morgan fingerprint density at radius 2 is 2.21 bits per heavy atom. The molecule has 1 N–H and O–H groups in total. The van der Waals surface area contributed by atoms with Crippen LogP contribution in [0, 0.1) is 0 Å². The van der Waals surface area contributed by atoms with Gasteiger partial charge >= 0.3 is 5.97 Å². The van der Waals surface area contributed by atoms with E-state index in [1.165, 1.54) is 0 Å². The lowest BCUT2D eigenvalue weighted by molar-refractivity contribution is -0.153. The van der Waals surface area contributed by atoms with Gasteiger partial charge in [0.1, 0.15) is 0 Å². The van der Waals surface area contributed by atoms with Crippen LogP contribution in [0.3, 0.4) is 0 Å². The molecule has 0 fully saturated rings. The number of aliphatic hydroxyl groups is 1. The van der Waals surface area contributed by atoms with Crippen molar-refractivity contribution in [1.29, 1.82) is 0 Å². The van der Waals surface area contributed by atoms with Crippen LogP contribution >= 0.6 is 15.9 Å². The Morgan fingerprint density at radius 1 is 1.57 bits per heavy atom. The van der Waals surface area contributed by atoms with Crippen molar-refractivity contribution in [2.24, 2.45) is 0 Å². The summed E-state index contributed by atoms with van der Waals surface area (Å²) >= 11 is 3.25. The predicted octanol–water partition coefficient (Wildman–Crippen LogP) is 2.05. The number of hydrogen-bond donors (Lipinski definition) is 1. The first kappa shape index (κ1) is 11.2. The number of halogens is 1. The van der Waals surface area contributed by atoms with E-state index in [-0.39, 0.29) is 6.61 Å². The lowest BCUT2D eigenvalue weighted by atomic mass is 10.1. The van der Waals surface area contributed by atoms with E-state index >= 15 is 0 Å². The average molecular weight is 259 g/mol. The molecule has 0 amide bonds. The maximum Gasteiger partial charge on any atom is 0.339 e. The third kappa shape index (κ3) is 2.56. The quantitative estimate of drug-likeness (QED) is 0.845. The third-order valence-corrected chi connectivity index (χ3v) is 2.43. The summed E-state index contributed by atoms with van der Waals surface area (Å²) in [6.45, 7) is 1.96. The molecule has 1 atom stereocenters. The first-order chi connectivity index (χ1) is 6.66. The van der Waals surface area contributed by atoms with Gasteiger partial charge < -0.3 is 9.84 Å². The van der Waals surface area contributed by atoms with Gasteiger partial charge in [0.2, 0.25) is 0 Å². The van der Waals surface area contributed by atoms with Crippen LogP contribution in [0.1, 0.15) is 18.6 Å². The number of carbonyl (C=O) groups is 1. The summed E-state index contributed by atoms with van der Waals surface area (Å²) in [7, 11) is 0. The number of aliphatic hydroxyl groups excluding tert-OH is 1. The molecule has 1 aromatic carbocycles. The topological polar surface area (TPSA) is 46.5 Å². The second-order valence-electron chi connectivity index (χ2n) is 2.68. The average Bonchev–Trinajstić information content (AvgIpc) is 2.18. The summed E-state index contributed by atoms with van der Waals surface area (Å²) < 4.78 is 5.40. The van der Waals surface area contributed by atoms with Gasteiger partial charge in [0.25, 0.3) is 0 Å². The lowest BCUT2D eigenvalue weighted by Gasteiger charge is -2.10. The van der Waals surface area contributed by atoms with Crippen molar-refractivity contribution in [3.8, 4) is 0 Å². The number of ether oxygens (including phenoxy) is 1. The van der Waals surface area contributed by atoms with Gasteiger partial charge in [-0.2, -0.15) is 0 Å². The van der Waals surface area contributed by atoms with Crippen molar-refractivity contribution in [3.63, 3.8) is 0 Å². The first-order valence-corrected chi connectivity index (χ1v) is 5.05. The molecule has 3 nitrogen and oxygen atoms in total. The molecule has 0 spiro atoms. The van der Waals surface area contributed by atoms with E-state index in [0.717, 1.165) is 0 Å². The molecule has 1 rings (SSSR count). The van der Waals surface area contributed by atoms with Gasteiger partial charge in [-0.25, -0.2) is 4.79 Å². The molecule has 4 heteroatoms. The summed E-state index contributed by atoms with van der Waals surface area (Å²) in [4.78, 5) is 11.2. The Balaban J connectivity index is 2.84. The zero-order valence-electron chi connectivity index (χ0n) is 7.74. The summed E-state index contributed by atoms with van der Waals surface area (Å²) in [6, 6.07) is 7.00. The van der Waals surface area contributed by atoms with Crippen molar-refractivity contribution >= 4 is 21.9 Å². The molecule has 0 bridgehead atoms. The normalized spacial score (nSPS) is 12.2. The molecule has 76 valence electrons. The Labute approximate surface area is 90.8 Å². The summed E-state index contributed by atoms with van der Waals surface area (Å²) in [6.07, 6.45) is -1.22. The van der Waals surface area contributed by atoms with Crippen LogP contribution in [0.15, 0.2) is 28.7 Å². The van der Waals surface area contributed by atoms with E-state index in [0.29, 0.717) is 10.0 Å². The molecule has 0 heterocycles. The van der Waals surface area contributed by atoms with Crippen molar-refractivity contribution in [2.75, 3.05) is 6.61 Å². The highest BCUT2D eigenvalue weighted by atomic mass is 79.9. The molecule has 14 heavy (non-hydrogen) atoms. The highest BCUT2D eigenvalue weighted by Crippen LogP contribution is 2.23. The van der Waals surface area contributed by atoms with E-state index in [4.69, 9.17) is 4.74 Å². The summed E-state index contributed by atoms with van der Waals surface area (Å²) in [5, 5.41) is 9.60. The van der Waals surface area contributed by atoms with Crippen LogP contribution in [0.25, 0.3) is 0 Å². The van der Waals surface area contributed by atoms with E-state index in [1.807, 2.05) is 6.07 Å². The lowest BCUT2D eigenvalue weighted by Crippen LogP contribution is -2.15. The summed E-state index contributed by atoms with van der Waals surface area (Å²) in [5.74, 6) is -0.626. The van der Waals surface area contributed by atoms with E-state index in [9.17, 15) is 9.90 Å². The van der Waals surface area contributed by atoms with E-state index < -0.39 is 12.1 Å². The first-order valence-electron chi connectivity index (χ1n) is 4.26. The van der Waals surface area contributed by atoms with Gasteiger partial charge in [-0.15, -0.1) is 0 Å². The molecule has 0 saturated heterocycles. The maximum absolute atomic E-state index is 11.2. The monoisotopic (exact) mass is 258 g/mol. The maximum atomic E-state index is 11.2. The second kappa shape index (κ2) is 5.12. The minimum Gasteiger partial charge on any atom is -0.464 e. The van der Waals surface area contributed by atoms with Gasteiger partial charge in [-0.1, -0.05) is 34.1 Å². The molecule has 0 aliphatic carbocycles. The standard InChI is InChI=1S/C10H11BrO3/c1-2-14-10(13)9(12)7-5-3-4-6-8(7)11/h3-6,9,12H,2H2,1H3. The van der Waals surface area contributed by atoms with E-state index in [2.05, 4.69) is 15.9 Å². The molecule has 1 aromatic rings. The Kier molecular flexibility index (Phi) is 4.10. The molecule has 1 unspecified atom stereocenters. The van der Waals surface area contributed by atoms with Crippen LogP contribution in [0.5, 0.6) is 0 Å². The van der Waals surface area contributed by atoms with Gasteiger partial charge in [0.05, 0.1) is 6.61 Å². The fourth-order valence-corrected chi connectivity index (χ4v) is 1.55. The van der Waals surface area contributed by atoms with Crippen LogP contribution in [-0.4, -0.2) is 17.7 Å². The SMILES string of the molecule is CCOC(=O)C(O)c1ccccc1Br. The smallest absolute Gasteiger partial charge is 0.339 e. The molecule has 0 aliphatic heterocycles. The van der Waals surface area contributed by atoms with Gasteiger partial charge in [0, 0.05) is 10.0 Å². The number of carbonyl (C=O) groups excluding carboxylic acids is 1. The van der Waals surface area contributed by atoms with Crippen molar-refractivity contribution in [3.05, 3.63) is 34.3 Å². The van der Waals surface area contributed by atoms with Crippen LogP contribution in [-0.2, 0) is 9.53 Å². The highest BCUT2D eigenvalue weighted by molar-refractivity contribution is 9.10. The minimum absolute atomic E-state index is 0.264. The van der Waals surface area contributed by atoms with Gasteiger partial charge in [-0.3, -0.25) is 0 Å². The van der Waals surface area contributed by atoms with E-state index in [1.54, 1.807) is 25.1 Å². The number of esters is 1. The van der Waals surface area contributed by atoms with Crippen molar-refractivity contribution < 1.29 is 14.6 Å². The van der Waals surface area contributed by atoms with Gasteiger partial charge in [0.15, 0.2) is 6.10 Å². The number of rotatable bonds is 3. The fourth-order valence-electron chi connectivity index (χ4n) is 1.05. The highest BCUT2D eigenvalue weighted by Gasteiger charge is 2.20. The molecule has 0 saturated carbocycles. The second-order valence-corrected chi connectivity index (χ2v) is 3.53. The minimum atomic E-state index is -1.22.